The quantitative estimate of drug-likeness (QED) is 0.845. The van der Waals surface area contributed by atoms with Crippen molar-refractivity contribution < 1.29 is 14.3 Å². The standard InChI is InChI=1S/C21H23ClN2O3/c1-15(27-19-10-6-5-9-18(19)22)21(26)24-13-11-16(12-14-24)20(25)23-17-7-3-2-4-8-17/h2-10,15-16H,11-14H2,1H3,(H,23,25). The van der Waals surface area contributed by atoms with Crippen molar-refractivity contribution in [1.29, 1.82) is 0 Å². The number of para-hydroxylation sites is 2. The number of carbonyl (C=O) groups excluding carboxylic acids is 2. The van der Waals surface area contributed by atoms with Crippen LogP contribution in [0.5, 0.6) is 5.75 Å². The molecule has 1 aliphatic rings. The number of amides is 2. The van der Waals surface area contributed by atoms with Gasteiger partial charge in [0, 0.05) is 24.7 Å². The minimum Gasteiger partial charge on any atom is -0.479 e. The van der Waals surface area contributed by atoms with E-state index in [1.807, 2.05) is 42.5 Å². The lowest BCUT2D eigenvalue weighted by atomic mass is 9.95. The Hall–Kier alpha value is -2.53. The summed E-state index contributed by atoms with van der Waals surface area (Å²) in [5.41, 5.74) is 0.794. The molecule has 1 fully saturated rings. The number of anilines is 1. The van der Waals surface area contributed by atoms with Crippen LogP contribution in [0.3, 0.4) is 0 Å². The van der Waals surface area contributed by atoms with Gasteiger partial charge in [-0.2, -0.15) is 0 Å². The zero-order valence-electron chi connectivity index (χ0n) is 15.2. The van der Waals surface area contributed by atoms with Gasteiger partial charge < -0.3 is 15.0 Å². The number of rotatable bonds is 5. The first kappa shape index (κ1) is 19.2. The number of ether oxygens (including phenoxy) is 1. The summed E-state index contributed by atoms with van der Waals surface area (Å²) in [6.07, 6.45) is 0.659. The molecule has 1 heterocycles. The molecule has 2 amide bonds. The smallest absolute Gasteiger partial charge is 0.263 e. The van der Waals surface area contributed by atoms with Crippen LogP contribution in [0.25, 0.3) is 0 Å². The second-order valence-corrected chi connectivity index (χ2v) is 7.05. The van der Waals surface area contributed by atoms with Gasteiger partial charge in [0.2, 0.25) is 5.91 Å². The summed E-state index contributed by atoms with van der Waals surface area (Å²) in [5, 5.41) is 3.42. The minimum absolute atomic E-state index is 0.00802. The molecule has 0 saturated carbocycles. The number of benzene rings is 2. The summed E-state index contributed by atoms with van der Waals surface area (Å²) in [6, 6.07) is 16.5. The van der Waals surface area contributed by atoms with Gasteiger partial charge in [-0.1, -0.05) is 41.9 Å². The highest BCUT2D eigenvalue weighted by Crippen LogP contribution is 2.25. The molecule has 27 heavy (non-hydrogen) atoms. The van der Waals surface area contributed by atoms with Crippen LogP contribution in [0.4, 0.5) is 5.69 Å². The van der Waals surface area contributed by atoms with Crippen LogP contribution in [0.15, 0.2) is 54.6 Å². The Morgan fingerprint density at radius 1 is 1.07 bits per heavy atom. The molecular formula is C21H23ClN2O3. The first-order chi connectivity index (χ1) is 13.0. The van der Waals surface area contributed by atoms with Crippen LogP contribution in [0, 0.1) is 5.92 Å². The van der Waals surface area contributed by atoms with Gasteiger partial charge in [-0.25, -0.2) is 0 Å². The van der Waals surface area contributed by atoms with E-state index in [0.717, 1.165) is 5.69 Å². The summed E-state index contributed by atoms with van der Waals surface area (Å²) in [6.45, 7) is 2.81. The first-order valence-corrected chi connectivity index (χ1v) is 9.48. The number of carbonyl (C=O) groups is 2. The summed E-state index contributed by atoms with van der Waals surface area (Å²) < 4.78 is 5.71. The summed E-state index contributed by atoms with van der Waals surface area (Å²) in [5.74, 6) is 0.330. The van der Waals surface area contributed by atoms with E-state index in [0.29, 0.717) is 36.7 Å². The fraction of sp³-hybridized carbons (Fsp3) is 0.333. The van der Waals surface area contributed by atoms with Gasteiger partial charge in [0.05, 0.1) is 5.02 Å². The van der Waals surface area contributed by atoms with Gasteiger partial charge in [0.15, 0.2) is 6.10 Å². The molecule has 1 unspecified atom stereocenters. The van der Waals surface area contributed by atoms with Crippen molar-refractivity contribution in [1.82, 2.24) is 4.90 Å². The average molecular weight is 387 g/mol. The SMILES string of the molecule is CC(Oc1ccccc1Cl)C(=O)N1CCC(C(=O)Nc2ccccc2)CC1. The van der Waals surface area contributed by atoms with Crippen LogP contribution in [-0.4, -0.2) is 35.9 Å². The highest BCUT2D eigenvalue weighted by molar-refractivity contribution is 6.32. The zero-order valence-corrected chi connectivity index (χ0v) is 16.0. The van der Waals surface area contributed by atoms with Crippen LogP contribution < -0.4 is 10.1 Å². The van der Waals surface area contributed by atoms with Crippen molar-refractivity contribution >= 4 is 29.1 Å². The molecule has 2 aromatic rings. The van der Waals surface area contributed by atoms with Crippen LogP contribution in [0.2, 0.25) is 5.02 Å². The molecule has 6 heteroatoms. The number of nitrogens with one attached hydrogen (secondary N) is 1. The summed E-state index contributed by atoms with van der Waals surface area (Å²) in [4.78, 5) is 26.8. The molecule has 1 atom stereocenters. The molecule has 0 bridgehead atoms. The average Bonchev–Trinajstić information content (AvgIpc) is 2.70. The van der Waals surface area contributed by atoms with Gasteiger partial charge >= 0.3 is 0 Å². The Morgan fingerprint density at radius 3 is 2.37 bits per heavy atom. The minimum atomic E-state index is -0.625. The third kappa shape index (κ3) is 5.01. The normalized spacial score (nSPS) is 15.9. The molecule has 1 saturated heterocycles. The molecule has 0 spiro atoms. The fourth-order valence-electron chi connectivity index (χ4n) is 3.17. The maximum Gasteiger partial charge on any atom is 0.263 e. The molecule has 3 rings (SSSR count). The zero-order chi connectivity index (χ0) is 19.2. The summed E-state index contributed by atoms with van der Waals surface area (Å²) in [7, 11) is 0. The van der Waals surface area contributed by atoms with E-state index in [9.17, 15) is 9.59 Å². The van der Waals surface area contributed by atoms with Crippen LogP contribution in [0.1, 0.15) is 19.8 Å². The van der Waals surface area contributed by atoms with E-state index >= 15 is 0 Å². The lowest BCUT2D eigenvalue weighted by molar-refractivity contribution is -0.140. The topological polar surface area (TPSA) is 58.6 Å². The molecule has 0 aromatic heterocycles. The van der Waals surface area contributed by atoms with Crippen LogP contribution >= 0.6 is 11.6 Å². The van der Waals surface area contributed by atoms with E-state index in [2.05, 4.69) is 5.32 Å². The summed E-state index contributed by atoms with van der Waals surface area (Å²) >= 11 is 6.08. The van der Waals surface area contributed by atoms with Crippen LogP contribution in [-0.2, 0) is 9.59 Å². The third-order valence-corrected chi connectivity index (χ3v) is 5.02. The predicted octanol–water partition coefficient (Wildman–Crippen LogP) is 3.98. The Bertz CT molecular complexity index is 789. The lowest BCUT2D eigenvalue weighted by Crippen LogP contribution is -2.46. The number of piperidine rings is 1. The van der Waals surface area contributed by atoms with E-state index in [1.54, 1.807) is 24.0 Å². The van der Waals surface area contributed by atoms with Crippen molar-refractivity contribution in [3.8, 4) is 5.75 Å². The number of halogens is 1. The Balaban J connectivity index is 1.50. The predicted molar refractivity (Wildman–Crippen MR) is 106 cm³/mol. The number of nitrogens with zero attached hydrogens (tertiary/aromatic N) is 1. The second kappa shape index (κ2) is 8.91. The maximum atomic E-state index is 12.6. The molecule has 142 valence electrons. The number of hydrogen-bond acceptors (Lipinski definition) is 3. The van der Waals surface area contributed by atoms with E-state index in [1.165, 1.54) is 0 Å². The van der Waals surface area contributed by atoms with E-state index in [4.69, 9.17) is 16.3 Å². The van der Waals surface area contributed by atoms with Crippen molar-refractivity contribution in [3.63, 3.8) is 0 Å². The monoisotopic (exact) mass is 386 g/mol. The molecule has 1 N–H and O–H groups in total. The van der Waals surface area contributed by atoms with Gasteiger partial charge in [0.1, 0.15) is 5.75 Å². The third-order valence-electron chi connectivity index (χ3n) is 4.71. The second-order valence-electron chi connectivity index (χ2n) is 6.65. The fourth-order valence-corrected chi connectivity index (χ4v) is 3.35. The molecular weight excluding hydrogens is 364 g/mol. The molecule has 0 aliphatic carbocycles. The van der Waals surface area contributed by atoms with E-state index in [-0.39, 0.29) is 17.7 Å². The van der Waals surface area contributed by atoms with Crippen molar-refractivity contribution in [2.24, 2.45) is 5.92 Å². The Kier molecular flexibility index (Phi) is 6.35. The molecule has 2 aromatic carbocycles. The highest BCUT2D eigenvalue weighted by Gasteiger charge is 2.30. The van der Waals surface area contributed by atoms with E-state index < -0.39 is 6.10 Å². The Labute approximate surface area is 164 Å². The van der Waals surface area contributed by atoms with Gasteiger partial charge in [-0.05, 0) is 44.0 Å². The molecule has 5 nitrogen and oxygen atoms in total. The van der Waals surface area contributed by atoms with Crippen molar-refractivity contribution in [2.45, 2.75) is 25.9 Å². The maximum absolute atomic E-state index is 12.6. The molecule has 0 radical (unpaired) electrons. The van der Waals surface area contributed by atoms with Gasteiger partial charge in [-0.3, -0.25) is 9.59 Å². The number of likely N-dealkylation sites (tertiary alicyclic amines) is 1. The first-order valence-electron chi connectivity index (χ1n) is 9.10. The largest absolute Gasteiger partial charge is 0.479 e. The lowest BCUT2D eigenvalue weighted by Gasteiger charge is -2.33. The van der Waals surface area contributed by atoms with Crippen molar-refractivity contribution in [2.75, 3.05) is 18.4 Å². The van der Waals surface area contributed by atoms with Gasteiger partial charge in [0.25, 0.3) is 5.91 Å². The van der Waals surface area contributed by atoms with Crippen molar-refractivity contribution in [3.05, 3.63) is 59.6 Å². The highest BCUT2D eigenvalue weighted by atomic mass is 35.5. The Morgan fingerprint density at radius 2 is 1.70 bits per heavy atom. The van der Waals surface area contributed by atoms with Gasteiger partial charge in [-0.15, -0.1) is 0 Å². The number of hydrogen-bond donors (Lipinski definition) is 1. The molecule has 1 aliphatic heterocycles.